The van der Waals surface area contributed by atoms with Crippen molar-refractivity contribution in [3.63, 3.8) is 0 Å². The van der Waals surface area contributed by atoms with Gasteiger partial charge in [0.05, 0.1) is 28.9 Å². The minimum Gasteiger partial charge on any atom is -0.442 e. The lowest BCUT2D eigenvalue weighted by Crippen LogP contribution is -2.43. The first-order valence-corrected chi connectivity index (χ1v) is 12.3. The van der Waals surface area contributed by atoms with Crippen molar-refractivity contribution in [2.45, 2.75) is 18.9 Å². The summed E-state index contributed by atoms with van der Waals surface area (Å²) in [4.78, 5) is 55.0. The number of imide groups is 1. The highest BCUT2D eigenvalue weighted by molar-refractivity contribution is 7.18. The zero-order chi connectivity index (χ0) is 24.9. The van der Waals surface area contributed by atoms with Gasteiger partial charge in [-0.3, -0.25) is 24.2 Å². The maximum atomic E-state index is 13.0. The Morgan fingerprint density at radius 2 is 1.83 bits per heavy atom. The van der Waals surface area contributed by atoms with Gasteiger partial charge in [-0.15, -0.1) is 11.3 Å². The van der Waals surface area contributed by atoms with Gasteiger partial charge in [-0.1, -0.05) is 11.6 Å². The molecule has 186 valence electrons. The molecule has 2 fully saturated rings. The molecule has 2 aliphatic heterocycles. The third-order valence-electron chi connectivity index (χ3n) is 5.64. The van der Waals surface area contributed by atoms with E-state index in [1.54, 1.807) is 41.3 Å². The topological polar surface area (TPSA) is 122 Å². The molecule has 2 saturated heterocycles. The molecule has 4 amide bonds. The molecule has 0 radical (unpaired) electrons. The monoisotopic (exact) mass is 520 g/mol. The maximum absolute atomic E-state index is 13.0. The zero-order valence-corrected chi connectivity index (χ0v) is 20.4. The Hall–Kier alpha value is -2.99. The van der Waals surface area contributed by atoms with Crippen LogP contribution < -0.4 is 15.5 Å². The quantitative estimate of drug-likeness (QED) is 0.567. The average molecular weight is 521 g/mol. The van der Waals surface area contributed by atoms with Crippen LogP contribution in [-0.2, 0) is 19.1 Å². The summed E-state index contributed by atoms with van der Waals surface area (Å²) in [5, 5.41) is 0. The minimum atomic E-state index is -0.704. The lowest BCUT2D eigenvalue weighted by molar-refractivity contribution is -0.129. The van der Waals surface area contributed by atoms with E-state index in [1.165, 1.54) is 4.90 Å². The fourth-order valence-corrected chi connectivity index (χ4v) is 4.88. The second-order valence-electron chi connectivity index (χ2n) is 8.04. The lowest BCUT2D eigenvalue weighted by Gasteiger charge is -2.27. The zero-order valence-electron chi connectivity index (χ0n) is 18.9. The van der Waals surface area contributed by atoms with E-state index >= 15 is 0 Å². The molecular weight excluding hydrogens is 496 g/mol. The molecular formula is C23H25ClN4O6S. The Morgan fingerprint density at radius 3 is 2.46 bits per heavy atom. The molecule has 0 aliphatic carbocycles. The van der Waals surface area contributed by atoms with Crippen LogP contribution in [0.3, 0.4) is 0 Å². The molecule has 35 heavy (non-hydrogen) atoms. The number of nitrogens with zero attached hydrogens (tertiary/aromatic N) is 3. The van der Waals surface area contributed by atoms with Gasteiger partial charge in [0.1, 0.15) is 12.7 Å². The number of morpholine rings is 1. The van der Waals surface area contributed by atoms with Crippen molar-refractivity contribution in [2.75, 3.05) is 49.2 Å². The number of anilines is 2. The number of hydrogen-bond donors (Lipinski definition) is 1. The summed E-state index contributed by atoms with van der Waals surface area (Å²) in [7, 11) is 0. The number of carbonyl (C=O) groups is 4. The SMILES string of the molecule is NCCCC(=O)N(C[C@H]1CN(c2ccc(N3CCOCC3=O)cc2)C(=O)O1)C(=O)c1ccc(Cl)s1. The van der Waals surface area contributed by atoms with Crippen molar-refractivity contribution >= 4 is 58.1 Å². The van der Waals surface area contributed by atoms with Gasteiger partial charge in [0.25, 0.3) is 11.8 Å². The van der Waals surface area contributed by atoms with Crippen LogP contribution in [0.1, 0.15) is 22.5 Å². The molecule has 0 unspecified atom stereocenters. The van der Waals surface area contributed by atoms with E-state index in [2.05, 4.69) is 0 Å². The van der Waals surface area contributed by atoms with Crippen molar-refractivity contribution in [3.8, 4) is 0 Å². The van der Waals surface area contributed by atoms with Crippen LogP contribution in [0.4, 0.5) is 16.2 Å². The predicted molar refractivity (Wildman–Crippen MR) is 131 cm³/mol. The van der Waals surface area contributed by atoms with Crippen molar-refractivity contribution < 1.29 is 28.7 Å². The number of carbonyl (C=O) groups excluding carboxylic acids is 4. The number of amides is 4. The highest BCUT2D eigenvalue weighted by Crippen LogP contribution is 2.27. The molecule has 1 atom stereocenters. The summed E-state index contributed by atoms with van der Waals surface area (Å²) < 4.78 is 11.1. The molecule has 2 N–H and O–H groups in total. The van der Waals surface area contributed by atoms with E-state index in [0.717, 1.165) is 16.2 Å². The molecule has 10 nitrogen and oxygen atoms in total. The van der Waals surface area contributed by atoms with Crippen LogP contribution in [0, 0.1) is 0 Å². The van der Waals surface area contributed by atoms with Crippen molar-refractivity contribution in [1.82, 2.24) is 4.90 Å². The van der Waals surface area contributed by atoms with Crippen molar-refractivity contribution in [3.05, 3.63) is 45.6 Å². The number of nitrogens with two attached hydrogens (primary N) is 1. The van der Waals surface area contributed by atoms with Gasteiger partial charge in [0.2, 0.25) is 5.91 Å². The molecule has 2 aromatic rings. The largest absolute Gasteiger partial charge is 0.442 e. The van der Waals surface area contributed by atoms with Gasteiger partial charge >= 0.3 is 6.09 Å². The number of halogens is 1. The number of thiophene rings is 1. The van der Waals surface area contributed by atoms with Crippen LogP contribution in [-0.4, -0.2) is 74.2 Å². The molecule has 2 aliphatic rings. The first-order valence-electron chi connectivity index (χ1n) is 11.1. The highest BCUT2D eigenvalue weighted by atomic mass is 35.5. The average Bonchev–Trinajstić information content (AvgIpc) is 3.46. The van der Waals surface area contributed by atoms with Crippen molar-refractivity contribution in [2.24, 2.45) is 5.73 Å². The third-order valence-corrected chi connectivity index (χ3v) is 6.86. The minimum absolute atomic E-state index is 0.0405. The van der Waals surface area contributed by atoms with E-state index in [4.69, 9.17) is 26.8 Å². The van der Waals surface area contributed by atoms with Crippen LogP contribution >= 0.6 is 22.9 Å². The molecule has 0 bridgehead atoms. The number of ether oxygens (including phenoxy) is 2. The number of rotatable bonds is 8. The van der Waals surface area contributed by atoms with Gasteiger partial charge in [0.15, 0.2) is 0 Å². The molecule has 12 heteroatoms. The van der Waals surface area contributed by atoms with Gasteiger partial charge in [-0.25, -0.2) is 4.79 Å². The first-order chi connectivity index (χ1) is 16.9. The molecule has 0 saturated carbocycles. The van der Waals surface area contributed by atoms with Gasteiger partial charge in [0, 0.05) is 24.3 Å². The Labute approximate surface area is 211 Å². The number of cyclic esters (lactones) is 1. The second kappa shape index (κ2) is 11.2. The van der Waals surface area contributed by atoms with Crippen LogP contribution in [0.15, 0.2) is 36.4 Å². The van der Waals surface area contributed by atoms with Crippen LogP contribution in [0.2, 0.25) is 4.34 Å². The normalized spacial score (nSPS) is 18.1. The molecule has 1 aromatic carbocycles. The smallest absolute Gasteiger partial charge is 0.414 e. The summed E-state index contributed by atoms with van der Waals surface area (Å²) in [5.41, 5.74) is 6.82. The maximum Gasteiger partial charge on any atom is 0.414 e. The van der Waals surface area contributed by atoms with E-state index in [9.17, 15) is 19.2 Å². The molecule has 1 aromatic heterocycles. The lowest BCUT2D eigenvalue weighted by atomic mass is 10.2. The summed E-state index contributed by atoms with van der Waals surface area (Å²) in [6.07, 6.45) is -0.745. The Kier molecular flexibility index (Phi) is 8.01. The predicted octanol–water partition coefficient (Wildman–Crippen LogP) is 2.50. The molecule has 0 spiro atoms. The fourth-order valence-electron chi connectivity index (χ4n) is 3.88. The van der Waals surface area contributed by atoms with Crippen molar-refractivity contribution in [1.29, 1.82) is 0 Å². The highest BCUT2D eigenvalue weighted by Gasteiger charge is 2.36. The van der Waals surface area contributed by atoms with E-state index in [-0.39, 0.29) is 37.9 Å². The van der Waals surface area contributed by atoms with E-state index in [1.807, 2.05) is 0 Å². The Bertz CT molecular complexity index is 1110. The van der Waals surface area contributed by atoms with E-state index in [0.29, 0.717) is 46.7 Å². The van der Waals surface area contributed by atoms with Gasteiger partial charge < -0.3 is 20.1 Å². The molecule has 3 heterocycles. The second-order valence-corrected chi connectivity index (χ2v) is 9.75. The van der Waals surface area contributed by atoms with Gasteiger partial charge in [-0.05, 0) is 49.4 Å². The van der Waals surface area contributed by atoms with Gasteiger partial charge in [-0.2, -0.15) is 0 Å². The standard InChI is InChI=1S/C23H25ClN4O6S/c24-19-8-7-18(35-19)22(31)28(20(29)2-1-9-25)13-17-12-27(23(32)34-17)16-5-3-15(4-6-16)26-10-11-33-14-21(26)30/h3-8,17H,1-2,9-14,25H2/t17-/m1/s1. The Morgan fingerprint density at radius 1 is 1.11 bits per heavy atom. The fraction of sp³-hybridized carbons (Fsp3) is 0.391. The number of benzene rings is 1. The summed E-state index contributed by atoms with van der Waals surface area (Å²) in [5.74, 6) is -1.00. The first kappa shape index (κ1) is 25.1. The number of hydrogen-bond acceptors (Lipinski definition) is 8. The summed E-state index contributed by atoms with van der Waals surface area (Å²) in [6.45, 7) is 1.36. The van der Waals surface area contributed by atoms with Crippen LogP contribution in [0.5, 0.6) is 0 Å². The third kappa shape index (κ3) is 5.81. The van der Waals surface area contributed by atoms with Crippen LogP contribution in [0.25, 0.3) is 0 Å². The Balaban J connectivity index is 1.45. The molecule has 4 rings (SSSR count). The summed E-state index contributed by atoms with van der Waals surface area (Å²) >= 11 is 7.04. The van der Waals surface area contributed by atoms with E-state index < -0.39 is 18.1 Å². The summed E-state index contributed by atoms with van der Waals surface area (Å²) in [6, 6.07) is 10.1.